The number of para-hydroxylation sites is 1. The minimum Gasteiger partial charge on any atom is -0.382 e. The molecule has 0 heterocycles. The Kier molecular flexibility index (Phi) is 7.20. The number of hydrogen-bond acceptors (Lipinski definition) is 1. The second-order valence-electron chi connectivity index (χ2n) is 4.58. The van der Waals surface area contributed by atoms with Crippen LogP contribution in [0.15, 0.2) is 43.0 Å². The fourth-order valence-corrected chi connectivity index (χ4v) is 2.04. The molecule has 94 valence electrons. The average molecular weight is 231 g/mol. The van der Waals surface area contributed by atoms with Crippen LogP contribution >= 0.6 is 0 Å². The van der Waals surface area contributed by atoms with Crippen LogP contribution < -0.4 is 5.32 Å². The first kappa shape index (κ1) is 13.8. The smallest absolute Gasteiger partial charge is 0.0342 e. The molecule has 0 aromatic heterocycles. The molecule has 1 N–H and O–H groups in total. The van der Waals surface area contributed by atoms with E-state index in [1.807, 2.05) is 6.08 Å². The predicted molar refractivity (Wildman–Crippen MR) is 77.4 cm³/mol. The molecule has 0 aliphatic carbocycles. The number of hydrogen-bond donors (Lipinski definition) is 1. The second-order valence-corrected chi connectivity index (χ2v) is 4.58. The van der Waals surface area contributed by atoms with E-state index in [0.29, 0.717) is 6.04 Å². The molecule has 1 unspecified atom stereocenters. The van der Waals surface area contributed by atoms with Crippen molar-refractivity contribution in [2.75, 3.05) is 5.32 Å². The molecule has 1 atom stereocenters. The van der Waals surface area contributed by atoms with Crippen molar-refractivity contribution >= 4 is 5.69 Å². The average Bonchev–Trinajstić information content (AvgIpc) is 2.36. The van der Waals surface area contributed by atoms with Gasteiger partial charge in [-0.1, -0.05) is 56.9 Å². The summed E-state index contributed by atoms with van der Waals surface area (Å²) in [6, 6.07) is 11.0. The highest BCUT2D eigenvalue weighted by molar-refractivity contribution is 5.43. The minimum atomic E-state index is 0.534. The Hall–Kier alpha value is -1.24. The first-order valence-corrected chi connectivity index (χ1v) is 6.79. The molecule has 1 heteroatoms. The lowest BCUT2D eigenvalue weighted by atomic mass is 10.0. The van der Waals surface area contributed by atoms with Crippen LogP contribution in [0, 0.1) is 0 Å². The zero-order valence-electron chi connectivity index (χ0n) is 11.0. The molecule has 0 aliphatic rings. The summed E-state index contributed by atoms with van der Waals surface area (Å²) >= 11 is 0. The molecule has 1 nitrogen and oxygen atoms in total. The maximum absolute atomic E-state index is 3.85. The molecule has 1 aromatic rings. The predicted octanol–water partition coefficient (Wildman–Crippen LogP) is 5.01. The van der Waals surface area contributed by atoms with Gasteiger partial charge in [-0.15, -0.1) is 6.58 Å². The zero-order chi connectivity index (χ0) is 12.3. The van der Waals surface area contributed by atoms with Gasteiger partial charge in [0.1, 0.15) is 0 Å². The van der Waals surface area contributed by atoms with Gasteiger partial charge in [0, 0.05) is 11.7 Å². The van der Waals surface area contributed by atoms with Crippen LogP contribution in [0.3, 0.4) is 0 Å². The molecule has 0 bridgehead atoms. The summed E-state index contributed by atoms with van der Waals surface area (Å²) in [5.74, 6) is 0. The van der Waals surface area contributed by atoms with Crippen LogP contribution in [0.25, 0.3) is 0 Å². The van der Waals surface area contributed by atoms with Gasteiger partial charge in [0.25, 0.3) is 0 Å². The molecule has 0 amide bonds. The standard InChI is InChI=1S/C16H25N/c1-3-5-6-8-12-15(11-4-2)17-16-13-9-7-10-14-16/h4,7,9-10,13-15,17H,2-3,5-6,8,11-12H2,1H3. The van der Waals surface area contributed by atoms with Gasteiger partial charge in [0.15, 0.2) is 0 Å². The van der Waals surface area contributed by atoms with E-state index in [1.54, 1.807) is 0 Å². The van der Waals surface area contributed by atoms with Gasteiger partial charge >= 0.3 is 0 Å². The highest BCUT2D eigenvalue weighted by atomic mass is 14.9. The van der Waals surface area contributed by atoms with Crippen molar-refractivity contribution in [1.29, 1.82) is 0 Å². The Bertz CT molecular complexity index is 292. The zero-order valence-corrected chi connectivity index (χ0v) is 11.0. The summed E-state index contributed by atoms with van der Waals surface area (Å²) in [5.41, 5.74) is 1.22. The van der Waals surface area contributed by atoms with Crippen LogP contribution in [0.1, 0.15) is 45.4 Å². The van der Waals surface area contributed by atoms with Gasteiger partial charge < -0.3 is 5.32 Å². The molecule has 1 aromatic carbocycles. The van der Waals surface area contributed by atoms with E-state index in [1.165, 1.54) is 37.8 Å². The van der Waals surface area contributed by atoms with Crippen LogP contribution in [-0.4, -0.2) is 6.04 Å². The lowest BCUT2D eigenvalue weighted by Gasteiger charge is -2.18. The Balaban J connectivity index is 2.35. The van der Waals surface area contributed by atoms with E-state index in [9.17, 15) is 0 Å². The van der Waals surface area contributed by atoms with Gasteiger partial charge in [-0.2, -0.15) is 0 Å². The van der Waals surface area contributed by atoms with Gasteiger partial charge in [-0.05, 0) is 25.0 Å². The van der Waals surface area contributed by atoms with Crippen molar-refractivity contribution in [3.05, 3.63) is 43.0 Å². The molecule has 0 aliphatic heterocycles. The van der Waals surface area contributed by atoms with E-state index in [0.717, 1.165) is 6.42 Å². The number of unbranched alkanes of at least 4 members (excludes halogenated alkanes) is 3. The van der Waals surface area contributed by atoms with Crippen molar-refractivity contribution in [3.8, 4) is 0 Å². The van der Waals surface area contributed by atoms with Crippen molar-refractivity contribution in [1.82, 2.24) is 0 Å². The molecule has 0 radical (unpaired) electrons. The van der Waals surface area contributed by atoms with E-state index in [-0.39, 0.29) is 0 Å². The summed E-state index contributed by atoms with van der Waals surface area (Å²) < 4.78 is 0. The van der Waals surface area contributed by atoms with E-state index in [2.05, 4.69) is 49.2 Å². The Morgan fingerprint density at radius 2 is 1.94 bits per heavy atom. The molecular weight excluding hydrogens is 206 g/mol. The quantitative estimate of drug-likeness (QED) is 0.465. The molecule has 0 saturated carbocycles. The molecule has 0 spiro atoms. The Morgan fingerprint density at radius 1 is 1.18 bits per heavy atom. The summed E-state index contributed by atoms with van der Waals surface area (Å²) in [4.78, 5) is 0. The lowest BCUT2D eigenvalue weighted by Crippen LogP contribution is -2.18. The van der Waals surface area contributed by atoms with Crippen LogP contribution in [0.5, 0.6) is 0 Å². The third-order valence-corrected chi connectivity index (χ3v) is 3.00. The molecule has 1 rings (SSSR count). The first-order valence-electron chi connectivity index (χ1n) is 6.79. The van der Waals surface area contributed by atoms with Crippen molar-refractivity contribution < 1.29 is 0 Å². The summed E-state index contributed by atoms with van der Waals surface area (Å²) in [5, 5.41) is 3.59. The minimum absolute atomic E-state index is 0.534. The first-order chi connectivity index (χ1) is 8.36. The van der Waals surface area contributed by atoms with Gasteiger partial charge in [-0.3, -0.25) is 0 Å². The SMILES string of the molecule is C=CCC(CCCCCC)Nc1ccccc1. The Labute approximate surface area is 106 Å². The second kappa shape index (κ2) is 8.86. The molecule has 0 saturated heterocycles. The maximum atomic E-state index is 3.85. The summed E-state index contributed by atoms with van der Waals surface area (Å²) in [6.07, 6.45) is 9.61. The van der Waals surface area contributed by atoms with E-state index >= 15 is 0 Å². The number of anilines is 1. The summed E-state index contributed by atoms with van der Waals surface area (Å²) in [6.45, 7) is 6.10. The summed E-state index contributed by atoms with van der Waals surface area (Å²) in [7, 11) is 0. The van der Waals surface area contributed by atoms with E-state index < -0.39 is 0 Å². The van der Waals surface area contributed by atoms with Crippen LogP contribution in [0.2, 0.25) is 0 Å². The lowest BCUT2D eigenvalue weighted by molar-refractivity contribution is 0.574. The molecule has 17 heavy (non-hydrogen) atoms. The highest BCUT2D eigenvalue weighted by Crippen LogP contribution is 2.14. The fraction of sp³-hybridized carbons (Fsp3) is 0.500. The van der Waals surface area contributed by atoms with E-state index in [4.69, 9.17) is 0 Å². The Morgan fingerprint density at radius 3 is 2.59 bits per heavy atom. The van der Waals surface area contributed by atoms with Gasteiger partial charge in [0.05, 0.1) is 0 Å². The number of rotatable bonds is 9. The van der Waals surface area contributed by atoms with Crippen molar-refractivity contribution in [2.24, 2.45) is 0 Å². The molecule has 0 fully saturated rings. The number of nitrogens with one attached hydrogen (secondary N) is 1. The topological polar surface area (TPSA) is 12.0 Å². The maximum Gasteiger partial charge on any atom is 0.0342 e. The van der Waals surface area contributed by atoms with Gasteiger partial charge in [0.2, 0.25) is 0 Å². The fourth-order valence-electron chi connectivity index (χ4n) is 2.04. The highest BCUT2D eigenvalue weighted by Gasteiger charge is 2.05. The van der Waals surface area contributed by atoms with Crippen LogP contribution in [0.4, 0.5) is 5.69 Å². The van der Waals surface area contributed by atoms with Crippen molar-refractivity contribution in [3.63, 3.8) is 0 Å². The largest absolute Gasteiger partial charge is 0.382 e. The van der Waals surface area contributed by atoms with Gasteiger partial charge in [-0.25, -0.2) is 0 Å². The van der Waals surface area contributed by atoms with Crippen molar-refractivity contribution in [2.45, 2.75) is 51.5 Å². The van der Waals surface area contributed by atoms with Crippen LogP contribution in [-0.2, 0) is 0 Å². The third-order valence-electron chi connectivity index (χ3n) is 3.00. The monoisotopic (exact) mass is 231 g/mol. The molecular formula is C16H25N. The third kappa shape index (κ3) is 6.15. The normalized spacial score (nSPS) is 12.1. The number of benzene rings is 1.